The first-order valence-corrected chi connectivity index (χ1v) is 13.8. The second-order valence-electron chi connectivity index (χ2n) is 8.31. The van der Waals surface area contributed by atoms with Crippen LogP contribution in [0.15, 0.2) is 88.9 Å². The average Bonchev–Trinajstić information content (AvgIpc) is 2.89. The largest absolute Gasteiger partial charge is 0.334 e. The quantitative estimate of drug-likeness (QED) is 0.427. The zero-order valence-electron chi connectivity index (χ0n) is 19.2. The number of rotatable bonds is 8. The van der Waals surface area contributed by atoms with Crippen molar-refractivity contribution in [3.8, 4) is 0 Å². The van der Waals surface area contributed by atoms with Crippen LogP contribution in [0.3, 0.4) is 0 Å². The number of benzene rings is 2. The molecular weight excluding hydrogens is 466 g/mol. The van der Waals surface area contributed by atoms with Gasteiger partial charge in [-0.2, -0.15) is 4.31 Å². The molecule has 8 heteroatoms. The summed E-state index contributed by atoms with van der Waals surface area (Å²) in [7, 11) is -1.69. The Morgan fingerprint density at radius 2 is 1.53 bits per heavy atom. The first-order chi connectivity index (χ1) is 16.5. The normalized spacial score (nSPS) is 14.8. The van der Waals surface area contributed by atoms with Crippen LogP contribution < -0.4 is 0 Å². The van der Waals surface area contributed by atoms with Gasteiger partial charge in [-0.05, 0) is 36.1 Å². The number of sulfonamides is 1. The van der Waals surface area contributed by atoms with E-state index in [2.05, 4.69) is 4.98 Å². The molecule has 34 heavy (non-hydrogen) atoms. The maximum absolute atomic E-state index is 13.1. The van der Waals surface area contributed by atoms with E-state index in [1.807, 2.05) is 67.7 Å². The third kappa shape index (κ3) is 5.68. The van der Waals surface area contributed by atoms with Crippen molar-refractivity contribution in [3.05, 3.63) is 90.1 Å². The van der Waals surface area contributed by atoms with Crippen LogP contribution in [0.5, 0.6) is 0 Å². The maximum atomic E-state index is 13.1. The topological polar surface area (TPSA) is 70.6 Å². The van der Waals surface area contributed by atoms with Gasteiger partial charge in [0.25, 0.3) is 0 Å². The predicted molar refractivity (Wildman–Crippen MR) is 135 cm³/mol. The Morgan fingerprint density at radius 3 is 2.06 bits per heavy atom. The van der Waals surface area contributed by atoms with Crippen molar-refractivity contribution in [2.24, 2.45) is 0 Å². The highest BCUT2D eigenvalue weighted by atomic mass is 32.2. The molecule has 0 radical (unpaired) electrons. The molecule has 0 aliphatic carbocycles. The van der Waals surface area contributed by atoms with Crippen LogP contribution in [0.25, 0.3) is 0 Å². The van der Waals surface area contributed by atoms with Gasteiger partial charge in [-0.25, -0.2) is 13.4 Å². The number of hydrogen-bond donors (Lipinski definition) is 0. The first-order valence-electron chi connectivity index (χ1n) is 11.4. The maximum Gasteiger partial charge on any atom is 0.244 e. The van der Waals surface area contributed by atoms with Gasteiger partial charge in [0.1, 0.15) is 4.90 Å². The second kappa shape index (κ2) is 11.2. The minimum Gasteiger partial charge on any atom is -0.334 e. The zero-order valence-corrected chi connectivity index (χ0v) is 20.8. The Morgan fingerprint density at radius 1 is 0.941 bits per heavy atom. The van der Waals surface area contributed by atoms with E-state index in [9.17, 15) is 13.2 Å². The number of hydrogen-bond acceptors (Lipinski definition) is 5. The van der Waals surface area contributed by atoms with E-state index in [0.29, 0.717) is 18.1 Å². The summed E-state index contributed by atoms with van der Waals surface area (Å²) in [6.45, 7) is 1.12. The third-order valence-corrected chi connectivity index (χ3v) is 8.83. The summed E-state index contributed by atoms with van der Waals surface area (Å²) in [6.07, 6.45) is 4.25. The van der Waals surface area contributed by atoms with Gasteiger partial charge in [-0.1, -0.05) is 78.8 Å². The van der Waals surface area contributed by atoms with Crippen molar-refractivity contribution in [1.82, 2.24) is 14.2 Å². The van der Waals surface area contributed by atoms with E-state index in [4.69, 9.17) is 0 Å². The molecule has 1 amide bonds. The summed E-state index contributed by atoms with van der Waals surface area (Å²) in [5.74, 6) is 0.173. The summed E-state index contributed by atoms with van der Waals surface area (Å²) >= 11 is 1.31. The Hall–Kier alpha value is -2.68. The molecule has 0 atom stereocenters. The molecule has 0 spiro atoms. The lowest BCUT2D eigenvalue weighted by molar-refractivity contribution is -0.128. The summed E-state index contributed by atoms with van der Waals surface area (Å²) in [4.78, 5) is 19.4. The fourth-order valence-corrected chi connectivity index (χ4v) is 6.38. The summed E-state index contributed by atoms with van der Waals surface area (Å²) in [5, 5.41) is 0.621. The molecule has 1 saturated heterocycles. The van der Waals surface area contributed by atoms with Crippen LogP contribution >= 0.6 is 11.8 Å². The van der Waals surface area contributed by atoms with Crippen molar-refractivity contribution in [2.75, 3.05) is 25.9 Å². The molecule has 1 aliphatic heterocycles. The molecular formula is C26H29N3O3S2. The van der Waals surface area contributed by atoms with E-state index < -0.39 is 10.0 Å². The van der Waals surface area contributed by atoms with Crippen LogP contribution in [-0.4, -0.2) is 54.4 Å². The predicted octanol–water partition coefficient (Wildman–Crippen LogP) is 4.60. The third-order valence-electron chi connectivity index (χ3n) is 6.02. The molecule has 2 heterocycles. The Bertz CT molecular complexity index is 1140. The lowest BCUT2D eigenvalue weighted by Gasteiger charge is -2.29. The fraction of sp³-hybridized carbons (Fsp3) is 0.308. The van der Waals surface area contributed by atoms with Gasteiger partial charge >= 0.3 is 0 Å². The SMILES string of the molecule is CN(C(=O)CSc1ccc(S(=O)(=O)N2CCCCC2)cn1)C(c1ccccc1)c1ccccc1. The highest BCUT2D eigenvalue weighted by Gasteiger charge is 2.27. The Kier molecular flexibility index (Phi) is 8.03. The van der Waals surface area contributed by atoms with Gasteiger partial charge in [0.15, 0.2) is 0 Å². The number of piperidine rings is 1. The van der Waals surface area contributed by atoms with Crippen LogP contribution in [-0.2, 0) is 14.8 Å². The number of carbonyl (C=O) groups excluding carboxylic acids is 1. The highest BCUT2D eigenvalue weighted by molar-refractivity contribution is 7.99. The molecule has 6 nitrogen and oxygen atoms in total. The zero-order chi connectivity index (χ0) is 24.0. The minimum absolute atomic E-state index is 0.0329. The molecule has 1 aliphatic rings. The average molecular weight is 496 g/mol. The molecule has 3 aromatic rings. The van der Waals surface area contributed by atoms with E-state index in [0.717, 1.165) is 30.4 Å². The van der Waals surface area contributed by atoms with Gasteiger partial charge in [-0.3, -0.25) is 4.79 Å². The smallest absolute Gasteiger partial charge is 0.244 e. The standard InChI is InChI=1S/C26H29N3O3S2/c1-28(26(21-11-5-2-6-12-21)22-13-7-3-8-14-22)25(30)20-33-24-16-15-23(19-27-24)34(31,32)29-17-9-4-10-18-29/h2-3,5-8,11-16,19,26H,4,9-10,17-18,20H2,1H3. The van der Waals surface area contributed by atoms with Gasteiger partial charge in [0, 0.05) is 26.3 Å². The van der Waals surface area contributed by atoms with Crippen molar-refractivity contribution in [1.29, 1.82) is 0 Å². The molecule has 1 aromatic heterocycles. The molecule has 178 valence electrons. The molecule has 4 rings (SSSR count). The van der Waals surface area contributed by atoms with Crippen molar-refractivity contribution in [2.45, 2.75) is 35.2 Å². The fourth-order valence-electron chi connectivity index (χ4n) is 4.15. The Labute approximate surface area is 206 Å². The summed E-state index contributed by atoms with van der Waals surface area (Å²) in [5.41, 5.74) is 2.08. The molecule has 0 saturated carbocycles. The monoisotopic (exact) mass is 495 g/mol. The molecule has 1 fully saturated rings. The van der Waals surface area contributed by atoms with E-state index in [1.54, 1.807) is 17.0 Å². The van der Waals surface area contributed by atoms with Crippen molar-refractivity contribution < 1.29 is 13.2 Å². The molecule has 2 aromatic carbocycles. The number of pyridine rings is 1. The minimum atomic E-state index is -3.51. The first kappa shape index (κ1) is 24.4. The Balaban J connectivity index is 1.43. The van der Waals surface area contributed by atoms with Gasteiger partial charge in [0.2, 0.25) is 15.9 Å². The summed E-state index contributed by atoms with van der Waals surface area (Å²) in [6, 6.07) is 23.0. The van der Waals surface area contributed by atoms with Gasteiger partial charge < -0.3 is 4.90 Å². The number of nitrogens with zero attached hydrogens (tertiary/aromatic N) is 3. The molecule has 0 N–H and O–H groups in total. The van der Waals surface area contributed by atoms with E-state index in [1.165, 1.54) is 22.3 Å². The number of amides is 1. The summed E-state index contributed by atoms with van der Waals surface area (Å²) < 4.78 is 27.2. The van der Waals surface area contributed by atoms with Crippen LogP contribution in [0.2, 0.25) is 0 Å². The van der Waals surface area contributed by atoms with E-state index >= 15 is 0 Å². The lowest BCUT2D eigenvalue weighted by atomic mass is 9.97. The van der Waals surface area contributed by atoms with Crippen molar-refractivity contribution >= 4 is 27.7 Å². The van der Waals surface area contributed by atoms with Crippen LogP contribution in [0.1, 0.15) is 36.4 Å². The number of aromatic nitrogens is 1. The van der Waals surface area contributed by atoms with Crippen LogP contribution in [0.4, 0.5) is 0 Å². The van der Waals surface area contributed by atoms with Crippen molar-refractivity contribution in [3.63, 3.8) is 0 Å². The van der Waals surface area contributed by atoms with E-state index in [-0.39, 0.29) is 22.6 Å². The molecule has 0 bridgehead atoms. The van der Waals surface area contributed by atoms with Crippen LogP contribution in [0, 0.1) is 0 Å². The second-order valence-corrected chi connectivity index (χ2v) is 11.2. The lowest BCUT2D eigenvalue weighted by Crippen LogP contribution is -2.35. The number of thioether (sulfide) groups is 1. The highest BCUT2D eigenvalue weighted by Crippen LogP contribution is 2.29. The van der Waals surface area contributed by atoms with Gasteiger partial charge in [-0.15, -0.1) is 0 Å². The molecule has 0 unspecified atom stereocenters. The van der Waals surface area contributed by atoms with Gasteiger partial charge in [0.05, 0.1) is 16.8 Å². The number of carbonyl (C=O) groups is 1.